The highest BCUT2D eigenvalue weighted by Crippen LogP contribution is 2.42. The molecule has 180 valence electrons. The Morgan fingerprint density at radius 1 is 1.06 bits per heavy atom. The molecule has 12 heteroatoms. The van der Waals surface area contributed by atoms with Crippen LogP contribution in [0.25, 0.3) is 27.8 Å². The van der Waals surface area contributed by atoms with Crippen molar-refractivity contribution < 1.29 is 14.5 Å². The number of ether oxygens (including phenoxy) is 1. The Kier molecular flexibility index (Phi) is 6.51. The minimum Gasteiger partial charge on any atom is -0.443 e. The summed E-state index contributed by atoms with van der Waals surface area (Å²) in [4.78, 5) is 31.5. The molecule has 0 radical (unpaired) electrons. The van der Waals surface area contributed by atoms with Crippen LogP contribution < -0.4 is 10.9 Å². The third-order valence-electron chi connectivity index (χ3n) is 4.83. The molecule has 0 unspecified atom stereocenters. The minimum atomic E-state index is -0.696. The summed E-state index contributed by atoms with van der Waals surface area (Å²) < 4.78 is 6.92. The van der Waals surface area contributed by atoms with E-state index in [0.29, 0.717) is 27.3 Å². The molecule has 0 saturated heterocycles. The Labute approximate surface area is 210 Å². The average molecular weight is 515 g/mol. The number of amides is 1. The number of carbonyl (C=O) groups is 1. The third-order valence-corrected chi connectivity index (χ3v) is 5.44. The van der Waals surface area contributed by atoms with Gasteiger partial charge in [0.15, 0.2) is 11.5 Å². The molecule has 2 heterocycles. The number of hydrazine groups is 1. The van der Waals surface area contributed by atoms with Crippen molar-refractivity contribution >= 4 is 51.8 Å². The number of nitrogens with one attached hydrogen (secondary N) is 2. The van der Waals surface area contributed by atoms with E-state index in [1.165, 1.54) is 18.5 Å². The average Bonchev–Trinajstić information content (AvgIpc) is 3.09. The molecule has 2 N–H and O–H groups in total. The lowest BCUT2D eigenvalue weighted by Gasteiger charge is -2.20. The molecule has 4 aromatic rings. The minimum absolute atomic E-state index is 0.0576. The lowest BCUT2D eigenvalue weighted by Crippen LogP contribution is -2.36. The summed E-state index contributed by atoms with van der Waals surface area (Å²) in [7, 11) is 0. The van der Waals surface area contributed by atoms with Crippen molar-refractivity contribution in [2.24, 2.45) is 0 Å². The molecule has 0 aliphatic carbocycles. The molecule has 0 fully saturated rings. The second-order valence-electron chi connectivity index (χ2n) is 8.45. The topological polar surface area (TPSA) is 124 Å². The SMILES string of the molecule is CC(C)(C)OC(=O)NNc1ncnc2c1c(-c1ccc(Cl)cc1)c(Cl)n2-c1ccc([N+](=O)[O-])cc1. The van der Waals surface area contributed by atoms with Crippen LogP contribution in [0.3, 0.4) is 0 Å². The van der Waals surface area contributed by atoms with Gasteiger partial charge in [-0.1, -0.05) is 35.3 Å². The van der Waals surface area contributed by atoms with Crippen molar-refractivity contribution in [1.29, 1.82) is 0 Å². The Balaban J connectivity index is 1.87. The van der Waals surface area contributed by atoms with Gasteiger partial charge in [-0.2, -0.15) is 0 Å². The van der Waals surface area contributed by atoms with Crippen molar-refractivity contribution in [2.75, 3.05) is 5.43 Å². The van der Waals surface area contributed by atoms with Crippen molar-refractivity contribution in [3.63, 3.8) is 0 Å². The van der Waals surface area contributed by atoms with Crippen LogP contribution in [-0.4, -0.2) is 31.2 Å². The summed E-state index contributed by atoms with van der Waals surface area (Å²) in [6, 6.07) is 12.9. The van der Waals surface area contributed by atoms with Gasteiger partial charge >= 0.3 is 6.09 Å². The zero-order valence-electron chi connectivity index (χ0n) is 18.9. The summed E-state index contributed by atoms with van der Waals surface area (Å²) >= 11 is 12.9. The molecule has 2 aromatic carbocycles. The molecular formula is C23H20Cl2N6O4. The number of halogens is 2. The first-order chi connectivity index (χ1) is 16.5. The van der Waals surface area contributed by atoms with Gasteiger partial charge in [-0.15, -0.1) is 0 Å². The largest absolute Gasteiger partial charge is 0.443 e. The van der Waals surface area contributed by atoms with Gasteiger partial charge in [-0.3, -0.25) is 20.1 Å². The number of nitro groups is 1. The van der Waals surface area contributed by atoms with Crippen molar-refractivity contribution in [1.82, 2.24) is 20.0 Å². The van der Waals surface area contributed by atoms with Crippen LogP contribution >= 0.6 is 23.2 Å². The molecule has 2 aromatic heterocycles. The van der Waals surface area contributed by atoms with E-state index in [1.807, 2.05) is 0 Å². The third kappa shape index (κ3) is 5.13. The maximum absolute atomic E-state index is 12.2. The number of nitrogens with zero attached hydrogens (tertiary/aromatic N) is 4. The van der Waals surface area contributed by atoms with Crippen LogP contribution in [0.1, 0.15) is 20.8 Å². The molecule has 0 spiro atoms. The molecule has 35 heavy (non-hydrogen) atoms. The first-order valence-electron chi connectivity index (χ1n) is 10.4. The Bertz CT molecular complexity index is 1410. The Morgan fingerprint density at radius 3 is 2.31 bits per heavy atom. The second-order valence-corrected chi connectivity index (χ2v) is 9.25. The number of nitro benzene ring substituents is 1. The van der Waals surface area contributed by atoms with Crippen molar-refractivity contribution in [2.45, 2.75) is 26.4 Å². The van der Waals surface area contributed by atoms with Crippen LogP contribution in [0.15, 0.2) is 54.9 Å². The van der Waals surface area contributed by atoms with Gasteiger partial charge in [-0.05, 0) is 50.6 Å². The van der Waals surface area contributed by atoms with Gasteiger partial charge in [-0.25, -0.2) is 20.2 Å². The standard InChI is InChI=1S/C23H20Cl2N6O4/c1-23(2,3)35-22(32)29-28-20-18-17(13-4-6-14(24)7-5-13)19(25)30(21(18)27-12-26-20)15-8-10-16(11-9-15)31(33)34/h4-12H,1-3H3,(H,29,32)(H,26,27,28). The maximum atomic E-state index is 12.2. The molecule has 1 amide bonds. The van der Waals surface area contributed by atoms with E-state index in [1.54, 1.807) is 61.7 Å². The summed E-state index contributed by atoms with van der Waals surface area (Å²) in [5.41, 5.74) is 6.77. The summed E-state index contributed by atoms with van der Waals surface area (Å²) in [6.45, 7) is 5.24. The number of non-ortho nitro benzene ring substituents is 1. The molecule has 0 atom stereocenters. The van der Waals surface area contributed by atoms with Crippen LogP contribution in [0, 0.1) is 10.1 Å². The predicted molar refractivity (Wildman–Crippen MR) is 134 cm³/mol. The van der Waals surface area contributed by atoms with Gasteiger partial charge in [0.25, 0.3) is 5.69 Å². The number of anilines is 1. The van der Waals surface area contributed by atoms with Gasteiger partial charge < -0.3 is 4.74 Å². The zero-order valence-corrected chi connectivity index (χ0v) is 20.4. The number of hydrogen-bond donors (Lipinski definition) is 2. The van der Waals surface area contributed by atoms with E-state index in [2.05, 4.69) is 20.8 Å². The van der Waals surface area contributed by atoms with Crippen LogP contribution in [0.2, 0.25) is 10.2 Å². The summed E-state index contributed by atoms with van der Waals surface area (Å²) in [6.07, 6.45) is 0.615. The molecule has 10 nitrogen and oxygen atoms in total. The normalized spacial score (nSPS) is 11.3. The highest BCUT2D eigenvalue weighted by molar-refractivity contribution is 6.35. The van der Waals surface area contributed by atoms with E-state index in [4.69, 9.17) is 27.9 Å². The van der Waals surface area contributed by atoms with Gasteiger partial charge in [0.1, 0.15) is 17.1 Å². The predicted octanol–water partition coefficient (Wildman–Crippen LogP) is 6.15. The molecular weight excluding hydrogens is 495 g/mol. The lowest BCUT2D eigenvalue weighted by molar-refractivity contribution is -0.384. The van der Waals surface area contributed by atoms with Crippen LogP contribution in [-0.2, 0) is 4.74 Å². The second kappa shape index (κ2) is 9.40. The van der Waals surface area contributed by atoms with Gasteiger partial charge in [0, 0.05) is 28.4 Å². The van der Waals surface area contributed by atoms with Crippen LogP contribution in [0.4, 0.5) is 16.3 Å². The number of benzene rings is 2. The fourth-order valence-corrected chi connectivity index (χ4v) is 3.94. The van der Waals surface area contributed by atoms with E-state index < -0.39 is 16.6 Å². The van der Waals surface area contributed by atoms with E-state index in [9.17, 15) is 14.9 Å². The van der Waals surface area contributed by atoms with E-state index in [-0.39, 0.29) is 16.7 Å². The van der Waals surface area contributed by atoms with Crippen molar-refractivity contribution in [3.8, 4) is 16.8 Å². The number of rotatable bonds is 5. The van der Waals surface area contributed by atoms with Crippen molar-refractivity contribution in [3.05, 3.63) is 75.1 Å². The van der Waals surface area contributed by atoms with E-state index in [0.717, 1.165) is 5.56 Å². The zero-order chi connectivity index (χ0) is 25.3. The fraction of sp³-hybridized carbons (Fsp3) is 0.174. The molecule has 0 aliphatic rings. The first-order valence-corrected chi connectivity index (χ1v) is 11.1. The lowest BCUT2D eigenvalue weighted by atomic mass is 10.1. The van der Waals surface area contributed by atoms with E-state index >= 15 is 0 Å². The molecule has 0 bridgehead atoms. The highest BCUT2D eigenvalue weighted by Gasteiger charge is 2.24. The molecule has 0 saturated carbocycles. The highest BCUT2D eigenvalue weighted by atomic mass is 35.5. The number of aromatic nitrogens is 3. The maximum Gasteiger partial charge on any atom is 0.426 e. The number of hydrogen-bond acceptors (Lipinski definition) is 7. The van der Waals surface area contributed by atoms with Crippen LogP contribution in [0.5, 0.6) is 0 Å². The monoisotopic (exact) mass is 514 g/mol. The molecule has 4 rings (SSSR count). The molecule has 0 aliphatic heterocycles. The smallest absolute Gasteiger partial charge is 0.426 e. The number of carbonyl (C=O) groups excluding carboxylic acids is 1. The summed E-state index contributed by atoms with van der Waals surface area (Å²) in [5.74, 6) is 0.272. The first kappa shape index (κ1) is 24.2. The quantitative estimate of drug-likeness (QED) is 0.241. The van der Waals surface area contributed by atoms with Gasteiger partial charge in [0.05, 0.1) is 10.3 Å². The van der Waals surface area contributed by atoms with Gasteiger partial charge in [0.2, 0.25) is 0 Å². The fourth-order valence-electron chi connectivity index (χ4n) is 3.43. The Hall–Kier alpha value is -3.89. The summed E-state index contributed by atoms with van der Waals surface area (Å²) in [5, 5.41) is 12.4. The number of fused-ring (bicyclic) bond motifs is 1. The Morgan fingerprint density at radius 2 is 1.71 bits per heavy atom.